The molecular weight excluding hydrogens is 501 g/mol. The highest BCUT2D eigenvalue weighted by Crippen LogP contribution is 2.21. The second kappa shape index (κ2) is 15.7. The molecule has 0 aliphatic carbocycles. The van der Waals surface area contributed by atoms with Gasteiger partial charge in [-0.25, -0.2) is 0 Å². The lowest BCUT2D eigenvalue weighted by Gasteiger charge is -2.13. The van der Waals surface area contributed by atoms with Crippen LogP contribution in [0.15, 0.2) is 24.3 Å². The number of halogens is 1. The van der Waals surface area contributed by atoms with Gasteiger partial charge in [0.1, 0.15) is 0 Å². The topological polar surface area (TPSA) is 74.3 Å². The van der Waals surface area contributed by atoms with Crippen molar-refractivity contribution < 1.29 is 28.5 Å². The number of benzene rings is 1. The normalized spacial score (nSPS) is 13.3. The van der Waals surface area contributed by atoms with Crippen molar-refractivity contribution in [3.63, 3.8) is 0 Å². The molecule has 0 radical (unpaired) electrons. The average molecular weight is 533 g/mol. The van der Waals surface area contributed by atoms with Crippen LogP contribution in [0, 0.1) is 0 Å². The third kappa shape index (κ3) is 8.97. The largest absolute Gasteiger partial charge is 0.379 e. The van der Waals surface area contributed by atoms with Gasteiger partial charge in [0.25, 0.3) is 11.8 Å². The molecule has 0 saturated carbocycles. The quantitative estimate of drug-likeness (QED) is 0.125. The lowest BCUT2D eigenvalue weighted by Crippen LogP contribution is -2.33. The van der Waals surface area contributed by atoms with Gasteiger partial charge in [0, 0.05) is 6.61 Å². The van der Waals surface area contributed by atoms with E-state index in [0.29, 0.717) is 57.4 Å². The van der Waals surface area contributed by atoms with Crippen LogP contribution in [0.2, 0.25) is 0 Å². The summed E-state index contributed by atoms with van der Waals surface area (Å²) in [7, 11) is 0. The molecule has 2 amide bonds. The molecule has 1 heterocycles. The molecule has 1 aromatic carbocycles. The first-order chi connectivity index (χ1) is 14.8. The molecule has 1 aliphatic heterocycles. The highest BCUT2D eigenvalue weighted by Gasteiger charge is 2.34. The van der Waals surface area contributed by atoms with E-state index in [-0.39, 0.29) is 18.4 Å². The number of carbonyl (C=O) groups is 2. The standard InChI is InChI=1S/C22H32INO6/c23-9-5-1-2-6-11-27-13-15-29-17-18-30-16-14-28-12-10-24-21(25)19-7-3-4-8-20(19)22(24)26/h3-4,7-8H,1-2,5-6,9-18H2. The number of amides is 2. The molecule has 2 rings (SSSR count). The van der Waals surface area contributed by atoms with Crippen LogP contribution in [-0.4, -0.2) is 80.5 Å². The summed E-state index contributed by atoms with van der Waals surface area (Å²) in [6.45, 7) is 4.41. The Morgan fingerprint density at radius 3 is 1.63 bits per heavy atom. The van der Waals surface area contributed by atoms with Crippen LogP contribution < -0.4 is 0 Å². The fourth-order valence-corrected chi connectivity index (χ4v) is 3.55. The molecule has 1 aromatic rings. The summed E-state index contributed by atoms with van der Waals surface area (Å²) in [6, 6.07) is 6.86. The molecule has 7 nitrogen and oxygen atoms in total. The third-order valence-corrected chi connectivity index (χ3v) is 5.39. The zero-order chi connectivity index (χ0) is 21.4. The molecule has 0 N–H and O–H groups in total. The Morgan fingerprint density at radius 2 is 1.10 bits per heavy atom. The van der Waals surface area contributed by atoms with Gasteiger partial charge in [-0.1, -0.05) is 47.6 Å². The number of unbranched alkanes of at least 4 members (excludes halogenated alkanes) is 3. The first-order valence-corrected chi connectivity index (χ1v) is 12.1. The Morgan fingerprint density at radius 1 is 0.633 bits per heavy atom. The van der Waals surface area contributed by atoms with Crippen molar-refractivity contribution in [3.05, 3.63) is 35.4 Å². The number of fused-ring (bicyclic) bond motifs is 1. The summed E-state index contributed by atoms with van der Waals surface area (Å²) in [5.41, 5.74) is 0.922. The van der Waals surface area contributed by atoms with Crippen LogP contribution in [0.4, 0.5) is 0 Å². The summed E-state index contributed by atoms with van der Waals surface area (Å²) < 4.78 is 23.1. The lowest BCUT2D eigenvalue weighted by atomic mass is 10.1. The Kier molecular flexibility index (Phi) is 13.2. The van der Waals surface area contributed by atoms with E-state index in [1.54, 1.807) is 24.3 Å². The van der Waals surface area contributed by atoms with Crippen molar-refractivity contribution in [3.8, 4) is 0 Å². The zero-order valence-electron chi connectivity index (χ0n) is 17.5. The van der Waals surface area contributed by atoms with Gasteiger partial charge in [-0.05, 0) is 29.4 Å². The molecule has 30 heavy (non-hydrogen) atoms. The molecular formula is C22H32INO6. The molecule has 0 spiro atoms. The van der Waals surface area contributed by atoms with Crippen molar-refractivity contribution in [2.75, 3.05) is 63.8 Å². The van der Waals surface area contributed by atoms with Gasteiger partial charge in [-0.2, -0.15) is 0 Å². The van der Waals surface area contributed by atoms with Crippen molar-refractivity contribution in [1.29, 1.82) is 0 Å². The smallest absolute Gasteiger partial charge is 0.261 e. The summed E-state index contributed by atoms with van der Waals surface area (Å²) in [5.74, 6) is -0.513. The second-order valence-electron chi connectivity index (χ2n) is 6.86. The number of nitrogens with zero attached hydrogens (tertiary/aromatic N) is 1. The van der Waals surface area contributed by atoms with Crippen LogP contribution >= 0.6 is 22.6 Å². The van der Waals surface area contributed by atoms with E-state index in [1.807, 2.05) is 0 Å². The average Bonchev–Trinajstić information content (AvgIpc) is 3.01. The third-order valence-electron chi connectivity index (χ3n) is 4.63. The summed E-state index contributed by atoms with van der Waals surface area (Å²) in [4.78, 5) is 25.7. The molecule has 0 fully saturated rings. The number of rotatable bonds is 18. The van der Waals surface area contributed by atoms with Gasteiger partial charge in [0.2, 0.25) is 0 Å². The minimum Gasteiger partial charge on any atom is -0.379 e. The van der Waals surface area contributed by atoms with E-state index in [0.717, 1.165) is 13.0 Å². The lowest BCUT2D eigenvalue weighted by molar-refractivity contribution is -0.00352. The van der Waals surface area contributed by atoms with Crippen LogP contribution in [0.3, 0.4) is 0 Å². The maximum atomic E-state index is 12.2. The minimum atomic E-state index is -0.257. The molecule has 0 saturated heterocycles. The first kappa shape index (κ1) is 25.2. The molecule has 168 valence electrons. The predicted molar refractivity (Wildman–Crippen MR) is 122 cm³/mol. The number of hydrogen-bond acceptors (Lipinski definition) is 6. The SMILES string of the molecule is O=C1c2ccccc2C(=O)N1CCOCCOCCOCCOCCCCCCI. The molecule has 0 atom stereocenters. The summed E-state index contributed by atoms with van der Waals surface area (Å²) in [6.07, 6.45) is 4.93. The Balaban J connectivity index is 1.35. The predicted octanol–water partition coefficient (Wildman–Crippen LogP) is 3.34. The maximum absolute atomic E-state index is 12.2. The first-order valence-electron chi connectivity index (χ1n) is 10.6. The zero-order valence-corrected chi connectivity index (χ0v) is 19.6. The van der Waals surface area contributed by atoms with Crippen molar-refractivity contribution in [1.82, 2.24) is 4.90 Å². The molecule has 0 bridgehead atoms. The Hall–Kier alpha value is -1.07. The van der Waals surface area contributed by atoms with Crippen molar-refractivity contribution in [2.24, 2.45) is 0 Å². The number of imide groups is 1. The van der Waals surface area contributed by atoms with Crippen molar-refractivity contribution in [2.45, 2.75) is 25.7 Å². The Labute approximate surface area is 192 Å². The Bertz CT molecular complexity index is 607. The van der Waals surface area contributed by atoms with Gasteiger partial charge in [-0.3, -0.25) is 14.5 Å². The molecule has 0 unspecified atom stereocenters. The number of carbonyl (C=O) groups excluding carboxylic acids is 2. The number of hydrogen-bond donors (Lipinski definition) is 0. The second-order valence-corrected chi connectivity index (χ2v) is 7.94. The van der Waals surface area contributed by atoms with Crippen LogP contribution in [-0.2, 0) is 18.9 Å². The summed E-state index contributed by atoms with van der Waals surface area (Å²) in [5, 5.41) is 0. The van der Waals surface area contributed by atoms with Crippen LogP contribution in [0.5, 0.6) is 0 Å². The van der Waals surface area contributed by atoms with Gasteiger partial charge in [0.05, 0.1) is 63.9 Å². The fourth-order valence-electron chi connectivity index (χ4n) is 3.01. The number of ether oxygens (including phenoxy) is 4. The molecule has 8 heteroatoms. The summed E-state index contributed by atoms with van der Waals surface area (Å²) >= 11 is 2.41. The van der Waals surface area contributed by atoms with E-state index >= 15 is 0 Å². The van der Waals surface area contributed by atoms with Crippen LogP contribution in [0.25, 0.3) is 0 Å². The van der Waals surface area contributed by atoms with Gasteiger partial charge >= 0.3 is 0 Å². The van der Waals surface area contributed by atoms with Gasteiger partial charge < -0.3 is 18.9 Å². The van der Waals surface area contributed by atoms with Crippen molar-refractivity contribution >= 4 is 34.4 Å². The monoisotopic (exact) mass is 533 g/mol. The van der Waals surface area contributed by atoms with E-state index in [1.165, 1.54) is 28.6 Å². The molecule has 0 aromatic heterocycles. The van der Waals surface area contributed by atoms with Gasteiger partial charge in [-0.15, -0.1) is 0 Å². The van der Waals surface area contributed by atoms with E-state index in [9.17, 15) is 9.59 Å². The highest BCUT2D eigenvalue weighted by molar-refractivity contribution is 14.1. The molecule has 1 aliphatic rings. The van der Waals surface area contributed by atoms with E-state index in [2.05, 4.69) is 22.6 Å². The highest BCUT2D eigenvalue weighted by atomic mass is 127. The maximum Gasteiger partial charge on any atom is 0.261 e. The van der Waals surface area contributed by atoms with Gasteiger partial charge in [0.15, 0.2) is 0 Å². The number of alkyl halides is 1. The minimum absolute atomic E-state index is 0.244. The fraction of sp³-hybridized carbons (Fsp3) is 0.636. The van der Waals surface area contributed by atoms with E-state index in [4.69, 9.17) is 18.9 Å². The van der Waals surface area contributed by atoms with E-state index < -0.39 is 0 Å². The van der Waals surface area contributed by atoms with Crippen LogP contribution in [0.1, 0.15) is 46.4 Å².